The van der Waals surface area contributed by atoms with Crippen LogP contribution in [0.1, 0.15) is 59.3 Å². The van der Waals surface area contributed by atoms with Crippen molar-refractivity contribution in [3.8, 4) is 33.5 Å². The van der Waals surface area contributed by atoms with Gasteiger partial charge in [-0.1, -0.05) is 188 Å². The average molecular weight is 798 g/mol. The van der Waals surface area contributed by atoms with Crippen molar-refractivity contribution in [3.05, 3.63) is 257 Å². The molecule has 11 rings (SSSR count). The summed E-state index contributed by atoms with van der Waals surface area (Å²) in [6, 6.07) is 52.1. The van der Waals surface area contributed by atoms with Crippen LogP contribution in [-0.2, 0) is 0 Å². The highest BCUT2D eigenvalue weighted by molar-refractivity contribution is 6.10. The summed E-state index contributed by atoms with van der Waals surface area (Å²) < 4.78 is 0. The van der Waals surface area contributed by atoms with Crippen molar-refractivity contribution in [3.63, 3.8) is 0 Å². The van der Waals surface area contributed by atoms with E-state index in [1.807, 2.05) is 0 Å². The van der Waals surface area contributed by atoms with Crippen LogP contribution in [0.4, 0.5) is 0 Å². The molecule has 4 unspecified atom stereocenters. The van der Waals surface area contributed by atoms with Crippen LogP contribution in [-0.4, -0.2) is 10.7 Å². The molecule has 0 bridgehead atoms. The Hall–Kier alpha value is -7.36. The highest BCUT2D eigenvalue weighted by Crippen LogP contribution is 2.46. The van der Waals surface area contributed by atoms with E-state index in [2.05, 4.69) is 224 Å². The monoisotopic (exact) mass is 797 g/mol. The summed E-state index contributed by atoms with van der Waals surface area (Å²) >= 11 is 0. The highest BCUT2D eigenvalue weighted by atomic mass is 15.1. The Morgan fingerprint density at radius 2 is 1.18 bits per heavy atom. The quantitative estimate of drug-likeness (QED) is 0.167. The first kappa shape index (κ1) is 37.6. The van der Waals surface area contributed by atoms with Crippen molar-refractivity contribution >= 4 is 17.4 Å². The number of hydrogen-bond donors (Lipinski definition) is 1. The summed E-state index contributed by atoms with van der Waals surface area (Å²) in [4.78, 5) is 10.7. The zero-order valence-electron chi connectivity index (χ0n) is 34.6. The van der Waals surface area contributed by atoms with Crippen LogP contribution >= 0.6 is 0 Å². The first-order chi connectivity index (χ1) is 30.7. The van der Waals surface area contributed by atoms with Crippen LogP contribution in [0, 0.1) is 11.8 Å². The maximum absolute atomic E-state index is 5.42. The number of hydrogen-bond acceptors (Lipinski definition) is 3. The van der Waals surface area contributed by atoms with Gasteiger partial charge >= 0.3 is 0 Å². The van der Waals surface area contributed by atoms with Crippen LogP contribution in [0.15, 0.2) is 234 Å². The van der Waals surface area contributed by atoms with Gasteiger partial charge in [0.1, 0.15) is 6.17 Å². The molecule has 0 radical (unpaired) electrons. The van der Waals surface area contributed by atoms with Crippen LogP contribution in [0.5, 0.6) is 0 Å². The molecule has 0 saturated heterocycles. The van der Waals surface area contributed by atoms with Gasteiger partial charge in [0.05, 0.1) is 17.1 Å². The number of nitrogens with one attached hydrogen (secondary N) is 1. The molecule has 298 valence electrons. The molecular weight excluding hydrogens is 751 g/mol. The van der Waals surface area contributed by atoms with E-state index in [0.717, 1.165) is 53.1 Å². The maximum Gasteiger partial charge on any atom is 0.145 e. The van der Waals surface area contributed by atoms with E-state index < -0.39 is 0 Å². The zero-order chi connectivity index (χ0) is 41.2. The predicted octanol–water partition coefficient (Wildman–Crippen LogP) is 14.2. The van der Waals surface area contributed by atoms with Gasteiger partial charge in [-0.2, -0.15) is 0 Å². The SMILES string of the molecule is C1=CCC(c2cc(C3=NC(c4ccccc4)NC(C4C=CC(C5=CCC6C=Cc7nc(-c8ccccc8)cc(-c8ccccc8)c7C6=C5)=CC4)=C3)cc(-c3ccccc3)c2)C=C1. The van der Waals surface area contributed by atoms with Crippen LogP contribution in [0.25, 0.3) is 45.2 Å². The Bertz CT molecular complexity index is 2940. The minimum Gasteiger partial charge on any atom is -0.363 e. The molecule has 0 spiro atoms. The first-order valence-electron chi connectivity index (χ1n) is 22.0. The van der Waals surface area contributed by atoms with Crippen LogP contribution in [0.2, 0.25) is 0 Å². The molecule has 4 atom stereocenters. The Balaban J connectivity index is 0.924. The third-order valence-corrected chi connectivity index (χ3v) is 12.9. The smallest absolute Gasteiger partial charge is 0.145 e. The van der Waals surface area contributed by atoms with E-state index in [-0.39, 0.29) is 12.1 Å². The Kier molecular flexibility index (Phi) is 10.1. The van der Waals surface area contributed by atoms with Gasteiger partial charge in [-0.25, -0.2) is 4.98 Å². The van der Waals surface area contributed by atoms with Gasteiger partial charge in [0.25, 0.3) is 0 Å². The van der Waals surface area contributed by atoms with Gasteiger partial charge in [-0.3, -0.25) is 4.99 Å². The number of fused-ring (bicyclic) bond motifs is 3. The molecule has 4 aliphatic carbocycles. The molecule has 5 aromatic carbocycles. The summed E-state index contributed by atoms with van der Waals surface area (Å²) in [6.07, 6.45) is 30.5. The zero-order valence-corrected chi connectivity index (χ0v) is 34.6. The third kappa shape index (κ3) is 7.52. The molecule has 6 aromatic rings. The predicted molar refractivity (Wildman–Crippen MR) is 258 cm³/mol. The third-order valence-electron chi connectivity index (χ3n) is 12.9. The summed E-state index contributed by atoms with van der Waals surface area (Å²) in [5, 5.41) is 3.88. The summed E-state index contributed by atoms with van der Waals surface area (Å²) in [5.41, 5.74) is 19.0. The van der Waals surface area contributed by atoms with E-state index in [9.17, 15) is 0 Å². The highest BCUT2D eigenvalue weighted by Gasteiger charge is 2.29. The van der Waals surface area contributed by atoms with Crippen LogP contribution in [0.3, 0.4) is 0 Å². The van der Waals surface area contributed by atoms with Crippen molar-refractivity contribution < 1.29 is 0 Å². The summed E-state index contributed by atoms with van der Waals surface area (Å²) in [5.74, 6) is 0.829. The lowest BCUT2D eigenvalue weighted by Gasteiger charge is -2.31. The molecule has 1 aliphatic heterocycles. The summed E-state index contributed by atoms with van der Waals surface area (Å²) in [6.45, 7) is 0. The molecule has 2 heterocycles. The number of aromatic nitrogens is 1. The molecule has 0 saturated carbocycles. The second-order valence-corrected chi connectivity index (χ2v) is 16.8. The number of benzene rings is 5. The van der Waals surface area contributed by atoms with Gasteiger partial charge < -0.3 is 5.32 Å². The minimum absolute atomic E-state index is 0.187. The molecular formula is C59H47N3. The fraction of sp³-hybridized carbons (Fsp3) is 0.119. The van der Waals surface area contributed by atoms with E-state index in [0.29, 0.717) is 11.8 Å². The van der Waals surface area contributed by atoms with Crippen molar-refractivity contribution in [1.82, 2.24) is 10.3 Å². The second kappa shape index (κ2) is 16.6. The normalized spacial score (nSPS) is 21.1. The van der Waals surface area contributed by atoms with E-state index in [4.69, 9.17) is 9.98 Å². The fourth-order valence-electron chi connectivity index (χ4n) is 9.58. The van der Waals surface area contributed by atoms with Gasteiger partial charge in [0.2, 0.25) is 0 Å². The lowest BCUT2D eigenvalue weighted by atomic mass is 9.76. The molecule has 3 nitrogen and oxygen atoms in total. The lowest BCUT2D eigenvalue weighted by Crippen LogP contribution is -2.29. The van der Waals surface area contributed by atoms with Crippen molar-refractivity contribution in [2.24, 2.45) is 16.8 Å². The van der Waals surface area contributed by atoms with Crippen LogP contribution < -0.4 is 5.32 Å². The van der Waals surface area contributed by atoms with Gasteiger partial charge in [0, 0.05) is 40.1 Å². The number of rotatable bonds is 8. The van der Waals surface area contributed by atoms with E-state index in [1.54, 1.807) is 0 Å². The first-order valence-corrected chi connectivity index (χ1v) is 22.0. The average Bonchev–Trinajstić information content (AvgIpc) is 3.37. The van der Waals surface area contributed by atoms with E-state index in [1.165, 1.54) is 55.8 Å². The molecule has 0 amide bonds. The second-order valence-electron chi connectivity index (χ2n) is 16.8. The molecule has 5 aliphatic rings. The van der Waals surface area contributed by atoms with Crippen molar-refractivity contribution in [2.45, 2.75) is 31.3 Å². The van der Waals surface area contributed by atoms with Crippen molar-refractivity contribution in [2.75, 3.05) is 0 Å². The number of aliphatic imine (C=N–C) groups is 1. The molecule has 1 aromatic heterocycles. The number of allylic oxidation sites excluding steroid dienone is 14. The lowest BCUT2D eigenvalue weighted by molar-refractivity contribution is 0.558. The largest absolute Gasteiger partial charge is 0.363 e. The standard InChI is InChI=1S/C59H47N3/c1-6-16-40(17-7-1)49-34-50(41-18-8-2-9-19-41)36-51(35-49)57-39-56(61-59(62-57)47-24-14-5-15-25-47)46-29-26-42(27-30-46)48-31-28-44-32-33-54-58(52(44)37-48)53(43-20-10-3-11-21-43)38-55(60-54)45-22-12-4-13-23-45/h1-18,20-27,29,31-39,41,44,46,59,61H,19,28,30H2. The molecule has 0 fully saturated rings. The Morgan fingerprint density at radius 3 is 1.90 bits per heavy atom. The molecule has 62 heavy (non-hydrogen) atoms. The molecule has 1 N–H and O–H groups in total. The number of nitrogens with zero attached hydrogens (tertiary/aromatic N) is 2. The summed E-state index contributed by atoms with van der Waals surface area (Å²) in [7, 11) is 0. The number of pyridine rings is 1. The molecule has 3 heteroatoms. The van der Waals surface area contributed by atoms with Gasteiger partial charge in [-0.15, -0.1) is 0 Å². The van der Waals surface area contributed by atoms with Crippen molar-refractivity contribution in [1.29, 1.82) is 0 Å². The van der Waals surface area contributed by atoms with E-state index >= 15 is 0 Å². The van der Waals surface area contributed by atoms with Gasteiger partial charge in [-0.05, 0) is 99.7 Å². The Labute approximate surface area is 365 Å². The Morgan fingerprint density at radius 1 is 0.500 bits per heavy atom. The minimum atomic E-state index is -0.191. The maximum atomic E-state index is 5.42. The fourth-order valence-corrected chi connectivity index (χ4v) is 9.58. The van der Waals surface area contributed by atoms with Gasteiger partial charge in [0.15, 0.2) is 0 Å². The topological polar surface area (TPSA) is 37.3 Å².